The average molecular weight is 337 g/mol. The van der Waals surface area contributed by atoms with Crippen LogP contribution in [0, 0.1) is 5.92 Å². The van der Waals surface area contributed by atoms with E-state index in [1.165, 1.54) is 5.56 Å². The standard InChI is InChI=1S/C21H23NO3/c1-15(12-16(2)23)5-6-17-7-10-21(22-14-17)25-19-8-9-20-18(13-19)4-3-11-24-20/h5-10,13-15H,3-4,11-12H2,1-2H3/b6-5+/t15-/m0/s1. The number of rotatable bonds is 6. The van der Waals surface area contributed by atoms with Gasteiger partial charge in [-0.3, -0.25) is 0 Å². The highest BCUT2D eigenvalue weighted by Gasteiger charge is 2.11. The molecule has 2 aromatic rings. The fraction of sp³-hybridized carbons (Fsp3) is 0.333. The zero-order valence-corrected chi connectivity index (χ0v) is 14.7. The van der Waals surface area contributed by atoms with Gasteiger partial charge in [0.15, 0.2) is 0 Å². The molecule has 0 saturated heterocycles. The molecular weight excluding hydrogens is 314 g/mol. The largest absolute Gasteiger partial charge is 0.493 e. The summed E-state index contributed by atoms with van der Waals surface area (Å²) in [6.45, 7) is 4.43. The van der Waals surface area contributed by atoms with Crippen molar-refractivity contribution in [2.75, 3.05) is 6.61 Å². The third kappa shape index (κ3) is 4.92. The minimum Gasteiger partial charge on any atom is -0.493 e. The first-order chi connectivity index (χ1) is 12.1. The zero-order valence-electron chi connectivity index (χ0n) is 14.7. The summed E-state index contributed by atoms with van der Waals surface area (Å²) in [6, 6.07) is 9.69. The molecule has 1 aromatic heterocycles. The van der Waals surface area contributed by atoms with Crippen LogP contribution in [-0.2, 0) is 11.2 Å². The molecule has 130 valence electrons. The number of carbonyl (C=O) groups excluding carboxylic acids is 1. The molecule has 2 heterocycles. The van der Waals surface area contributed by atoms with E-state index in [-0.39, 0.29) is 11.7 Å². The lowest BCUT2D eigenvalue weighted by Crippen LogP contribution is -2.08. The number of allylic oxidation sites excluding steroid dienone is 1. The summed E-state index contributed by atoms with van der Waals surface area (Å²) in [6.07, 6.45) is 8.41. The first-order valence-electron chi connectivity index (χ1n) is 8.67. The molecule has 4 nitrogen and oxygen atoms in total. The number of hydrogen-bond acceptors (Lipinski definition) is 4. The maximum Gasteiger partial charge on any atom is 0.219 e. The average Bonchev–Trinajstić information content (AvgIpc) is 2.60. The molecule has 0 saturated carbocycles. The monoisotopic (exact) mass is 337 g/mol. The van der Waals surface area contributed by atoms with Crippen LogP contribution in [-0.4, -0.2) is 17.4 Å². The highest BCUT2D eigenvalue weighted by molar-refractivity contribution is 5.76. The molecule has 0 spiro atoms. The third-order valence-electron chi connectivity index (χ3n) is 4.09. The van der Waals surface area contributed by atoms with Crippen molar-refractivity contribution >= 4 is 11.9 Å². The van der Waals surface area contributed by atoms with Crippen molar-refractivity contribution in [1.82, 2.24) is 4.98 Å². The lowest BCUT2D eigenvalue weighted by Gasteiger charge is -2.17. The van der Waals surface area contributed by atoms with Gasteiger partial charge >= 0.3 is 0 Å². The Bertz CT molecular complexity index is 765. The van der Waals surface area contributed by atoms with Crippen molar-refractivity contribution in [3.63, 3.8) is 0 Å². The van der Waals surface area contributed by atoms with Crippen LogP contribution in [0.4, 0.5) is 0 Å². The molecule has 1 atom stereocenters. The molecule has 0 bridgehead atoms. The van der Waals surface area contributed by atoms with Gasteiger partial charge in [-0.05, 0) is 61.1 Å². The van der Waals surface area contributed by atoms with Gasteiger partial charge in [0.25, 0.3) is 0 Å². The lowest BCUT2D eigenvalue weighted by molar-refractivity contribution is -0.117. The predicted octanol–water partition coefficient (Wildman–Crippen LogP) is 4.83. The number of ketones is 1. The smallest absolute Gasteiger partial charge is 0.219 e. The molecule has 1 aliphatic rings. The van der Waals surface area contributed by atoms with E-state index in [2.05, 4.69) is 4.98 Å². The van der Waals surface area contributed by atoms with Crippen LogP contribution in [0.1, 0.15) is 37.8 Å². The maximum atomic E-state index is 11.1. The Labute approximate surface area is 148 Å². The molecule has 0 unspecified atom stereocenters. The summed E-state index contributed by atoms with van der Waals surface area (Å²) >= 11 is 0. The van der Waals surface area contributed by atoms with Gasteiger partial charge in [0.2, 0.25) is 5.88 Å². The van der Waals surface area contributed by atoms with Gasteiger partial charge in [-0.2, -0.15) is 0 Å². The Balaban J connectivity index is 1.63. The number of Topliss-reactive ketones (excluding diaryl/α,β-unsaturated/α-hetero) is 1. The van der Waals surface area contributed by atoms with E-state index >= 15 is 0 Å². The van der Waals surface area contributed by atoms with Crippen molar-refractivity contribution in [3.8, 4) is 17.4 Å². The summed E-state index contributed by atoms with van der Waals surface area (Å²) in [4.78, 5) is 15.5. The minimum absolute atomic E-state index is 0.203. The quantitative estimate of drug-likeness (QED) is 0.758. The summed E-state index contributed by atoms with van der Waals surface area (Å²) < 4.78 is 11.5. The van der Waals surface area contributed by atoms with E-state index in [0.29, 0.717) is 12.3 Å². The van der Waals surface area contributed by atoms with Gasteiger partial charge in [0.1, 0.15) is 17.3 Å². The summed E-state index contributed by atoms with van der Waals surface area (Å²) in [7, 11) is 0. The Morgan fingerprint density at radius 3 is 3.00 bits per heavy atom. The van der Waals surface area contributed by atoms with Gasteiger partial charge in [-0.25, -0.2) is 4.98 Å². The van der Waals surface area contributed by atoms with Crippen LogP contribution in [0.2, 0.25) is 0 Å². The number of benzene rings is 1. The normalized spacial score (nSPS) is 14.6. The molecule has 0 N–H and O–H groups in total. The van der Waals surface area contributed by atoms with Crippen molar-refractivity contribution in [1.29, 1.82) is 0 Å². The van der Waals surface area contributed by atoms with E-state index in [1.807, 2.05) is 49.4 Å². The number of aromatic nitrogens is 1. The van der Waals surface area contributed by atoms with Crippen LogP contribution in [0.25, 0.3) is 6.08 Å². The molecule has 0 radical (unpaired) electrons. The molecule has 25 heavy (non-hydrogen) atoms. The Morgan fingerprint density at radius 1 is 1.36 bits per heavy atom. The number of fused-ring (bicyclic) bond motifs is 1. The van der Waals surface area contributed by atoms with E-state index in [0.717, 1.165) is 36.5 Å². The van der Waals surface area contributed by atoms with Crippen molar-refractivity contribution < 1.29 is 14.3 Å². The van der Waals surface area contributed by atoms with Gasteiger partial charge in [-0.1, -0.05) is 19.1 Å². The minimum atomic E-state index is 0.203. The van der Waals surface area contributed by atoms with Gasteiger partial charge < -0.3 is 14.3 Å². The topological polar surface area (TPSA) is 48.4 Å². The molecule has 0 fully saturated rings. The highest BCUT2D eigenvalue weighted by atomic mass is 16.5. The number of pyridine rings is 1. The van der Waals surface area contributed by atoms with Crippen LogP contribution < -0.4 is 9.47 Å². The molecule has 1 aromatic carbocycles. The maximum absolute atomic E-state index is 11.1. The molecule has 0 amide bonds. The zero-order chi connectivity index (χ0) is 17.6. The van der Waals surface area contributed by atoms with Gasteiger partial charge in [-0.15, -0.1) is 0 Å². The first-order valence-corrected chi connectivity index (χ1v) is 8.67. The Morgan fingerprint density at radius 2 is 2.24 bits per heavy atom. The second kappa shape index (κ2) is 7.97. The van der Waals surface area contributed by atoms with Crippen LogP contribution in [0.3, 0.4) is 0 Å². The van der Waals surface area contributed by atoms with E-state index in [1.54, 1.807) is 13.1 Å². The molecule has 3 rings (SSSR count). The number of carbonyl (C=O) groups is 1. The second-order valence-corrected chi connectivity index (χ2v) is 6.50. The SMILES string of the molecule is CC(=O)C[C@@H](C)/C=C/c1ccc(Oc2ccc3c(c2)CCCO3)nc1. The first kappa shape index (κ1) is 17.2. The second-order valence-electron chi connectivity index (χ2n) is 6.50. The van der Waals surface area contributed by atoms with Crippen molar-refractivity contribution in [2.45, 2.75) is 33.1 Å². The summed E-state index contributed by atoms with van der Waals surface area (Å²) in [5.41, 5.74) is 2.17. The molecule has 0 aliphatic carbocycles. The summed E-state index contributed by atoms with van der Waals surface area (Å²) in [5, 5.41) is 0. The van der Waals surface area contributed by atoms with Crippen molar-refractivity contribution in [3.05, 3.63) is 53.7 Å². The highest BCUT2D eigenvalue weighted by Crippen LogP contribution is 2.30. The van der Waals surface area contributed by atoms with Crippen molar-refractivity contribution in [2.24, 2.45) is 5.92 Å². The fourth-order valence-corrected chi connectivity index (χ4v) is 2.87. The Hall–Kier alpha value is -2.62. The van der Waals surface area contributed by atoms with Crippen LogP contribution in [0.15, 0.2) is 42.6 Å². The summed E-state index contributed by atoms with van der Waals surface area (Å²) in [5.74, 6) is 2.72. The number of nitrogens with zero attached hydrogens (tertiary/aromatic N) is 1. The fourth-order valence-electron chi connectivity index (χ4n) is 2.87. The van der Waals surface area contributed by atoms with Gasteiger partial charge in [0, 0.05) is 18.7 Å². The van der Waals surface area contributed by atoms with E-state index in [9.17, 15) is 4.79 Å². The Kier molecular flexibility index (Phi) is 5.49. The molecule has 4 heteroatoms. The van der Waals surface area contributed by atoms with E-state index in [4.69, 9.17) is 9.47 Å². The van der Waals surface area contributed by atoms with Crippen LogP contribution >= 0.6 is 0 Å². The van der Waals surface area contributed by atoms with E-state index < -0.39 is 0 Å². The number of hydrogen-bond donors (Lipinski definition) is 0. The molecule has 1 aliphatic heterocycles. The third-order valence-corrected chi connectivity index (χ3v) is 4.09. The lowest BCUT2D eigenvalue weighted by atomic mass is 10.0. The number of aryl methyl sites for hydroxylation is 1. The predicted molar refractivity (Wildman–Crippen MR) is 98.1 cm³/mol. The molecular formula is C21H23NO3. The van der Waals surface area contributed by atoms with Crippen LogP contribution in [0.5, 0.6) is 17.4 Å². The van der Waals surface area contributed by atoms with Gasteiger partial charge in [0.05, 0.1) is 6.61 Å². The number of ether oxygens (including phenoxy) is 2.